The number of nitrogens with zero attached hydrogens (tertiary/aromatic N) is 3. The van der Waals surface area contributed by atoms with E-state index in [-0.39, 0.29) is 18.0 Å². The van der Waals surface area contributed by atoms with Crippen LogP contribution in [-0.2, 0) is 19.1 Å². The van der Waals surface area contributed by atoms with Crippen molar-refractivity contribution in [2.45, 2.75) is 6.92 Å². The summed E-state index contributed by atoms with van der Waals surface area (Å²) in [5.74, 6) is -2.92. The van der Waals surface area contributed by atoms with Gasteiger partial charge in [0, 0.05) is 4.47 Å². The topological polar surface area (TPSA) is 88.4 Å². The van der Waals surface area contributed by atoms with Gasteiger partial charge in [0.25, 0.3) is 5.91 Å². The Morgan fingerprint density at radius 3 is 2.59 bits per heavy atom. The van der Waals surface area contributed by atoms with Gasteiger partial charge in [0.2, 0.25) is 5.91 Å². The lowest BCUT2D eigenvalue weighted by atomic mass is 10.0. The number of rotatable bonds is 3. The number of ether oxygens (including phenoxy) is 1. The summed E-state index contributed by atoms with van der Waals surface area (Å²) in [6.45, 7) is 1.80. The lowest BCUT2D eigenvalue weighted by Crippen LogP contribution is -2.35. The molecule has 0 bridgehead atoms. The highest BCUT2D eigenvalue weighted by Crippen LogP contribution is 2.30. The van der Waals surface area contributed by atoms with Crippen molar-refractivity contribution in [3.8, 4) is 0 Å². The van der Waals surface area contributed by atoms with E-state index in [0.717, 1.165) is 9.37 Å². The number of esters is 1. The van der Waals surface area contributed by atoms with Crippen LogP contribution in [0.2, 0.25) is 0 Å². The molecule has 22 heavy (non-hydrogen) atoms. The minimum absolute atomic E-state index is 0.0454. The molecule has 2 heterocycles. The fourth-order valence-electron chi connectivity index (χ4n) is 2.29. The molecular weight excluding hydrogens is 354 g/mol. The first-order chi connectivity index (χ1) is 10.5. The smallest absolute Gasteiger partial charge is 0.355 e. The molecule has 0 radical (unpaired) electrons. The van der Waals surface area contributed by atoms with Gasteiger partial charge in [-0.2, -0.15) is 0 Å². The molecule has 0 aromatic heterocycles. The fraction of sp³-hybridized carbons (Fsp3) is 0.214. The Hall–Kier alpha value is -2.35. The number of anilines is 1. The summed E-state index contributed by atoms with van der Waals surface area (Å²) >= 11 is 3.29. The first-order valence-electron chi connectivity index (χ1n) is 6.51. The van der Waals surface area contributed by atoms with Crippen LogP contribution in [0.5, 0.6) is 0 Å². The molecule has 1 saturated heterocycles. The number of carbonyl (C=O) groups is 3. The number of fused-ring (bicyclic) bond motifs is 1. The van der Waals surface area contributed by atoms with Crippen molar-refractivity contribution in [2.75, 3.05) is 11.5 Å². The lowest BCUT2D eigenvalue weighted by molar-refractivity contribution is -0.136. The molecule has 0 spiro atoms. The van der Waals surface area contributed by atoms with Gasteiger partial charge in [-0.15, -0.1) is 10.2 Å². The monoisotopic (exact) mass is 363 g/mol. The van der Waals surface area contributed by atoms with E-state index < -0.39 is 23.7 Å². The summed E-state index contributed by atoms with van der Waals surface area (Å²) in [6, 6.07) is 6.68. The predicted molar refractivity (Wildman–Crippen MR) is 81.6 cm³/mol. The Balaban J connectivity index is 1.93. The third-order valence-corrected chi connectivity index (χ3v) is 3.80. The Kier molecular flexibility index (Phi) is 3.61. The van der Waals surface area contributed by atoms with Gasteiger partial charge in [0.05, 0.1) is 12.3 Å². The minimum atomic E-state index is -1.07. The highest BCUT2D eigenvalue weighted by Gasteiger charge is 2.52. The van der Waals surface area contributed by atoms with Gasteiger partial charge in [-0.25, -0.2) is 9.69 Å². The molecule has 112 valence electrons. The molecule has 1 aromatic rings. The number of halogens is 1. The van der Waals surface area contributed by atoms with Crippen molar-refractivity contribution in [3.63, 3.8) is 0 Å². The maximum absolute atomic E-state index is 12.5. The number of hydrogen-bond acceptors (Lipinski definition) is 6. The van der Waals surface area contributed by atoms with Crippen LogP contribution in [0, 0.1) is 5.92 Å². The minimum Gasteiger partial charge on any atom is -0.461 e. The fourth-order valence-corrected chi connectivity index (χ4v) is 2.56. The van der Waals surface area contributed by atoms with Gasteiger partial charge in [0.15, 0.2) is 5.71 Å². The van der Waals surface area contributed by atoms with Gasteiger partial charge in [-0.1, -0.05) is 15.9 Å². The van der Waals surface area contributed by atoms with Crippen LogP contribution in [-0.4, -0.2) is 35.8 Å². The zero-order chi connectivity index (χ0) is 15.9. The first kappa shape index (κ1) is 14.6. The number of amides is 2. The second-order valence-electron chi connectivity index (χ2n) is 4.58. The zero-order valence-corrected chi connectivity index (χ0v) is 13.0. The van der Waals surface area contributed by atoms with Gasteiger partial charge in [0.1, 0.15) is 11.6 Å². The molecule has 0 N–H and O–H groups in total. The van der Waals surface area contributed by atoms with Crippen LogP contribution >= 0.6 is 15.9 Å². The molecule has 0 aliphatic carbocycles. The summed E-state index contributed by atoms with van der Waals surface area (Å²) in [5.41, 5.74) is 0.226. The second-order valence-corrected chi connectivity index (χ2v) is 5.49. The third kappa shape index (κ3) is 2.16. The van der Waals surface area contributed by atoms with E-state index in [2.05, 4.69) is 26.1 Å². The average Bonchev–Trinajstić information content (AvgIpc) is 3.03. The molecular formula is C14H10BrN3O4. The van der Waals surface area contributed by atoms with Gasteiger partial charge in [-0.3, -0.25) is 9.59 Å². The van der Waals surface area contributed by atoms with E-state index >= 15 is 0 Å². The van der Waals surface area contributed by atoms with Crippen molar-refractivity contribution < 1.29 is 19.1 Å². The van der Waals surface area contributed by atoms with Crippen molar-refractivity contribution in [1.82, 2.24) is 0 Å². The van der Waals surface area contributed by atoms with Gasteiger partial charge >= 0.3 is 5.97 Å². The molecule has 0 saturated carbocycles. The molecule has 1 unspecified atom stereocenters. The Morgan fingerprint density at radius 1 is 1.27 bits per heavy atom. The Labute approximate surface area is 133 Å². The van der Waals surface area contributed by atoms with Crippen molar-refractivity contribution in [1.29, 1.82) is 0 Å². The summed E-state index contributed by atoms with van der Waals surface area (Å²) in [6.07, 6.45) is 0. The summed E-state index contributed by atoms with van der Waals surface area (Å²) in [4.78, 5) is 37.7. The largest absolute Gasteiger partial charge is 0.461 e. The lowest BCUT2D eigenvalue weighted by Gasteiger charge is -2.14. The number of benzene rings is 1. The van der Waals surface area contributed by atoms with E-state index in [1.165, 1.54) is 0 Å². The predicted octanol–water partition coefficient (Wildman–Crippen LogP) is 1.31. The van der Waals surface area contributed by atoms with Crippen LogP contribution in [0.1, 0.15) is 6.92 Å². The van der Waals surface area contributed by atoms with Crippen LogP contribution in [0.3, 0.4) is 0 Å². The van der Waals surface area contributed by atoms with Gasteiger partial charge in [-0.05, 0) is 31.2 Å². The SMILES string of the molecule is CCOC(=O)C1=NN=C2C(=O)N(c3ccc(Br)cc3)C(=O)C12. The van der Waals surface area contributed by atoms with E-state index in [1.54, 1.807) is 31.2 Å². The molecule has 2 amide bonds. The molecule has 1 fully saturated rings. The molecule has 1 atom stereocenters. The van der Waals surface area contributed by atoms with Gasteiger partial charge < -0.3 is 4.74 Å². The molecule has 2 aliphatic rings. The first-order valence-corrected chi connectivity index (χ1v) is 7.30. The quantitative estimate of drug-likeness (QED) is 0.598. The number of carbonyl (C=O) groups excluding carboxylic acids is 3. The summed E-state index contributed by atoms with van der Waals surface area (Å²) < 4.78 is 5.66. The van der Waals surface area contributed by atoms with E-state index in [4.69, 9.17) is 4.74 Å². The average molecular weight is 364 g/mol. The third-order valence-electron chi connectivity index (χ3n) is 3.27. The molecule has 1 aromatic carbocycles. The molecule has 2 aliphatic heterocycles. The summed E-state index contributed by atoms with van der Waals surface area (Å²) in [5, 5.41) is 7.33. The summed E-state index contributed by atoms with van der Waals surface area (Å²) in [7, 11) is 0. The van der Waals surface area contributed by atoms with Crippen LogP contribution in [0.4, 0.5) is 5.69 Å². The zero-order valence-electron chi connectivity index (χ0n) is 11.4. The molecule has 3 rings (SSSR count). The van der Waals surface area contributed by atoms with Crippen LogP contribution in [0.25, 0.3) is 0 Å². The highest BCUT2D eigenvalue weighted by molar-refractivity contribution is 9.10. The maximum Gasteiger partial charge on any atom is 0.355 e. The van der Waals surface area contributed by atoms with Crippen molar-refractivity contribution >= 4 is 50.8 Å². The standard InChI is InChI=1S/C14H10BrN3O4/c1-2-22-14(21)11-9-10(16-17-11)13(20)18(12(9)19)8-5-3-7(15)4-6-8/h3-6,9H,2H2,1H3. The molecule has 7 nitrogen and oxygen atoms in total. The van der Waals surface area contributed by atoms with E-state index in [9.17, 15) is 14.4 Å². The van der Waals surface area contributed by atoms with E-state index in [0.29, 0.717) is 5.69 Å². The number of imide groups is 1. The van der Waals surface area contributed by atoms with Crippen molar-refractivity contribution in [2.24, 2.45) is 16.1 Å². The van der Waals surface area contributed by atoms with Crippen LogP contribution in [0.15, 0.2) is 38.9 Å². The van der Waals surface area contributed by atoms with Crippen LogP contribution < -0.4 is 4.90 Å². The molecule has 8 heteroatoms. The Morgan fingerprint density at radius 2 is 1.95 bits per heavy atom. The second kappa shape index (κ2) is 5.45. The maximum atomic E-state index is 12.5. The van der Waals surface area contributed by atoms with E-state index in [1.807, 2.05) is 0 Å². The normalized spacial score (nSPS) is 19.9. The van der Waals surface area contributed by atoms with Crippen molar-refractivity contribution in [3.05, 3.63) is 28.7 Å². The Bertz CT molecular complexity index is 739. The number of hydrogen-bond donors (Lipinski definition) is 0. The highest BCUT2D eigenvalue weighted by atomic mass is 79.9.